The fourth-order valence-electron chi connectivity index (χ4n) is 3.80. The minimum Gasteiger partial charge on any atom is -0.497 e. The van der Waals surface area contributed by atoms with Crippen molar-refractivity contribution in [2.45, 2.75) is 39.3 Å². The molecule has 0 fully saturated rings. The van der Waals surface area contributed by atoms with E-state index in [4.69, 9.17) is 14.2 Å². The van der Waals surface area contributed by atoms with Gasteiger partial charge in [0.15, 0.2) is 5.69 Å². The van der Waals surface area contributed by atoms with Crippen LogP contribution in [0.5, 0.6) is 11.5 Å². The summed E-state index contributed by atoms with van der Waals surface area (Å²) in [6.07, 6.45) is 2.70. The monoisotopic (exact) mass is 481 g/mol. The van der Waals surface area contributed by atoms with Crippen molar-refractivity contribution in [1.29, 1.82) is 0 Å². The van der Waals surface area contributed by atoms with E-state index in [1.807, 2.05) is 0 Å². The molecule has 35 heavy (non-hydrogen) atoms. The van der Waals surface area contributed by atoms with Gasteiger partial charge < -0.3 is 19.1 Å². The van der Waals surface area contributed by atoms with Gasteiger partial charge in [-0.15, -0.1) is 0 Å². The Kier molecular flexibility index (Phi) is 8.83. The second-order valence-corrected chi connectivity index (χ2v) is 8.09. The molecule has 186 valence electrons. The number of ether oxygens (including phenoxy) is 3. The predicted molar refractivity (Wildman–Crippen MR) is 132 cm³/mol. The van der Waals surface area contributed by atoms with Gasteiger partial charge in [-0.1, -0.05) is 38.0 Å². The van der Waals surface area contributed by atoms with Gasteiger partial charge in [0.25, 0.3) is 11.5 Å². The zero-order valence-electron chi connectivity index (χ0n) is 20.6. The van der Waals surface area contributed by atoms with E-state index in [2.05, 4.69) is 12.0 Å². The van der Waals surface area contributed by atoms with Crippen molar-refractivity contribution < 1.29 is 23.8 Å². The van der Waals surface area contributed by atoms with E-state index in [1.165, 1.54) is 30.9 Å². The van der Waals surface area contributed by atoms with Gasteiger partial charge in [-0.3, -0.25) is 14.4 Å². The van der Waals surface area contributed by atoms with Crippen LogP contribution in [-0.4, -0.2) is 54.4 Å². The average molecular weight is 482 g/mol. The van der Waals surface area contributed by atoms with Crippen LogP contribution >= 0.6 is 0 Å². The summed E-state index contributed by atoms with van der Waals surface area (Å²) in [6, 6.07) is 12.1. The summed E-state index contributed by atoms with van der Waals surface area (Å²) in [6.45, 7) is 2.26. The Bertz CT molecular complexity index is 1230. The smallest absolute Gasteiger partial charge is 0.325 e. The van der Waals surface area contributed by atoms with Crippen LogP contribution in [0.2, 0.25) is 0 Å². The Labute approximate surface area is 204 Å². The molecule has 0 aliphatic rings. The number of aryl methyl sites for hydroxylation is 1. The standard InChI is InChI=1S/C26H31N3O6/c1-5-6-9-12-29-25(31)22-11-8-7-10-21(22)24(27-29)26(32)28(17-23(30)35-4)16-18-13-19(33-2)15-20(14-18)34-3/h7-8,10-11,13-15H,5-6,9,12,16-17H2,1-4H3. The number of fused-ring (bicyclic) bond motifs is 1. The molecule has 0 aliphatic carbocycles. The largest absolute Gasteiger partial charge is 0.497 e. The number of esters is 1. The van der Waals surface area contributed by atoms with Crippen LogP contribution in [0.3, 0.4) is 0 Å². The Morgan fingerprint density at radius 3 is 2.23 bits per heavy atom. The average Bonchev–Trinajstić information content (AvgIpc) is 2.89. The summed E-state index contributed by atoms with van der Waals surface area (Å²) < 4.78 is 16.8. The van der Waals surface area contributed by atoms with Gasteiger partial charge in [0.2, 0.25) is 0 Å². The second-order valence-electron chi connectivity index (χ2n) is 8.09. The Morgan fingerprint density at radius 2 is 1.63 bits per heavy atom. The predicted octanol–water partition coefficient (Wildman–Crippen LogP) is 3.42. The number of benzene rings is 2. The van der Waals surface area contributed by atoms with Crippen molar-refractivity contribution in [2.75, 3.05) is 27.9 Å². The molecule has 0 saturated carbocycles. The maximum Gasteiger partial charge on any atom is 0.325 e. The van der Waals surface area contributed by atoms with Gasteiger partial charge in [0.1, 0.15) is 18.0 Å². The fourth-order valence-corrected chi connectivity index (χ4v) is 3.80. The molecule has 0 bridgehead atoms. The maximum absolute atomic E-state index is 13.8. The van der Waals surface area contributed by atoms with Crippen molar-refractivity contribution in [1.82, 2.24) is 14.7 Å². The molecule has 0 spiro atoms. The lowest BCUT2D eigenvalue weighted by atomic mass is 10.1. The lowest BCUT2D eigenvalue weighted by molar-refractivity contribution is -0.141. The summed E-state index contributed by atoms with van der Waals surface area (Å²) in [5.41, 5.74) is 0.555. The normalized spacial score (nSPS) is 10.7. The summed E-state index contributed by atoms with van der Waals surface area (Å²) in [5, 5.41) is 5.29. The van der Waals surface area contributed by atoms with E-state index >= 15 is 0 Å². The highest BCUT2D eigenvalue weighted by Gasteiger charge is 2.25. The second kappa shape index (κ2) is 12.0. The summed E-state index contributed by atoms with van der Waals surface area (Å²) in [5.74, 6) is 0.0437. The van der Waals surface area contributed by atoms with Gasteiger partial charge in [0.05, 0.1) is 26.7 Å². The van der Waals surface area contributed by atoms with Crippen LogP contribution in [0.1, 0.15) is 42.2 Å². The number of methoxy groups -OCH3 is 3. The van der Waals surface area contributed by atoms with Crippen molar-refractivity contribution >= 4 is 22.6 Å². The zero-order chi connectivity index (χ0) is 25.4. The van der Waals surface area contributed by atoms with E-state index in [0.29, 0.717) is 34.4 Å². The highest BCUT2D eigenvalue weighted by molar-refractivity contribution is 6.05. The molecule has 0 aliphatic heterocycles. The number of aromatic nitrogens is 2. The molecule has 0 saturated heterocycles. The number of hydrogen-bond donors (Lipinski definition) is 0. The van der Waals surface area contributed by atoms with Gasteiger partial charge in [-0.2, -0.15) is 5.10 Å². The number of unbranched alkanes of at least 4 members (excludes halogenated alkanes) is 2. The third kappa shape index (κ3) is 6.17. The number of hydrogen-bond acceptors (Lipinski definition) is 7. The Morgan fingerprint density at radius 1 is 0.971 bits per heavy atom. The lowest BCUT2D eigenvalue weighted by Gasteiger charge is -2.23. The molecule has 1 amide bonds. The summed E-state index contributed by atoms with van der Waals surface area (Å²) in [4.78, 5) is 40.3. The van der Waals surface area contributed by atoms with Crippen LogP contribution in [0.15, 0.2) is 47.3 Å². The summed E-state index contributed by atoms with van der Waals surface area (Å²) in [7, 11) is 4.34. The van der Waals surface area contributed by atoms with Crippen molar-refractivity contribution in [2.24, 2.45) is 0 Å². The molecule has 1 aromatic heterocycles. The number of rotatable bonds is 11. The molecular formula is C26H31N3O6. The topological polar surface area (TPSA) is 100.0 Å². The molecule has 0 N–H and O–H groups in total. The highest BCUT2D eigenvalue weighted by atomic mass is 16.5. The lowest BCUT2D eigenvalue weighted by Crippen LogP contribution is -2.38. The van der Waals surface area contributed by atoms with Gasteiger partial charge in [0, 0.05) is 24.5 Å². The van der Waals surface area contributed by atoms with Crippen LogP contribution in [0.25, 0.3) is 10.8 Å². The number of carbonyl (C=O) groups is 2. The molecular weight excluding hydrogens is 450 g/mol. The van der Waals surface area contributed by atoms with Gasteiger partial charge in [-0.25, -0.2) is 4.68 Å². The highest BCUT2D eigenvalue weighted by Crippen LogP contribution is 2.24. The molecule has 3 rings (SSSR count). The van der Waals surface area contributed by atoms with Crippen molar-refractivity contribution in [3.63, 3.8) is 0 Å². The van der Waals surface area contributed by atoms with Gasteiger partial charge >= 0.3 is 5.97 Å². The van der Waals surface area contributed by atoms with Crippen LogP contribution in [0, 0.1) is 0 Å². The van der Waals surface area contributed by atoms with E-state index in [0.717, 1.165) is 19.3 Å². The van der Waals surface area contributed by atoms with Gasteiger partial charge in [-0.05, 0) is 30.2 Å². The van der Waals surface area contributed by atoms with Crippen LogP contribution < -0.4 is 15.0 Å². The van der Waals surface area contributed by atoms with E-state index in [9.17, 15) is 14.4 Å². The van der Waals surface area contributed by atoms with E-state index in [1.54, 1.807) is 42.5 Å². The zero-order valence-corrected chi connectivity index (χ0v) is 20.6. The first-order chi connectivity index (χ1) is 16.9. The Hall–Kier alpha value is -3.88. The SMILES string of the molecule is CCCCCn1nc(C(=O)N(CC(=O)OC)Cc2cc(OC)cc(OC)c2)c2ccccc2c1=O. The first-order valence-electron chi connectivity index (χ1n) is 11.5. The maximum atomic E-state index is 13.8. The molecule has 3 aromatic rings. The third-order valence-corrected chi connectivity index (χ3v) is 5.66. The molecule has 0 atom stereocenters. The minimum atomic E-state index is -0.575. The molecule has 2 aromatic carbocycles. The first-order valence-corrected chi connectivity index (χ1v) is 11.5. The number of amides is 1. The molecule has 9 heteroatoms. The third-order valence-electron chi connectivity index (χ3n) is 5.66. The summed E-state index contributed by atoms with van der Waals surface area (Å²) >= 11 is 0. The number of nitrogens with zero attached hydrogens (tertiary/aromatic N) is 3. The Balaban J connectivity index is 2.07. The van der Waals surface area contributed by atoms with Crippen LogP contribution in [0.4, 0.5) is 0 Å². The van der Waals surface area contributed by atoms with E-state index < -0.39 is 11.9 Å². The van der Waals surface area contributed by atoms with Crippen LogP contribution in [-0.2, 0) is 22.6 Å². The van der Waals surface area contributed by atoms with Crippen molar-refractivity contribution in [3.05, 3.63) is 64.1 Å². The number of carbonyl (C=O) groups excluding carboxylic acids is 2. The molecule has 1 heterocycles. The molecule has 9 nitrogen and oxygen atoms in total. The minimum absolute atomic E-state index is 0.0759. The molecule has 0 radical (unpaired) electrons. The molecule has 0 unspecified atom stereocenters. The fraction of sp³-hybridized carbons (Fsp3) is 0.385. The first kappa shape index (κ1) is 25.7. The van der Waals surface area contributed by atoms with E-state index in [-0.39, 0.29) is 24.3 Å². The quantitative estimate of drug-likeness (QED) is 0.306. The van der Waals surface area contributed by atoms with Crippen molar-refractivity contribution in [3.8, 4) is 11.5 Å².